The Morgan fingerprint density at radius 1 is 0.667 bits per heavy atom. The van der Waals surface area contributed by atoms with Crippen molar-refractivity contribution in [3.05, 3.63) is 0 Å². The van der Waals surface area contributed by atoms with Crippen molar-refractivity contribution in [3.8, 4) is 0 Å². The lowest BCUT2D eigenvalue weighted by molar-refractivity contribution is 0.0370. The maximum atomic E-state index is 2.53. The maximum Gasteiger partial charge on any atom is -0.0272 e. The first-order chi connectivity index (χ1) is 6.99. The smallest absolute Gasteiger partial charge is 0.0272 e. The topological polar surface area (TPSA) is 0 Å². The molecule has 0 aliphatic heterocycles. The van der Waals surface area contributed by atoms with Gasteiger partial charge in [0, 0.05) is 0 Å². The molecule has 15 heavy (non-hydrogen) atoms. The van der Waals surface area contributed by atoms with E-state index < -0.39 is 0 Å². The molecule has 0 aromatic rings. The predicted molar refractivity (Wildman–Crippen MR) is 71.2 cm³/mol. The number of hydrogen-bond acceptors (Lipinski definition) is 0. The van der Waals surface area contributed by atoms with Crippen LogP contribution in [0.25, 0.3) is 0 Å². The lowest BCUT2D eigenvalue weighted by atomic mass is 9.58. The van der Waals surface area contributed by atoms with Gasteiger partial charge in [0.25, 0.3) is 0 Å². The third-order valence-electron chi connectivity index (χ3n) is 4.90. The summed E-state index contributed by atoms with van der Waals surface area (Å²) in [7, 11) is 0. The van der Waals surface area contributed by atoms with Crippen molar-refractivity contribution >= 4 is 0 Å². The van der Waals surface area contributed by atoms with Crippen LogP contribution in [0.3, 0.4) is 0 Å². The summed E-state index contributed by atoms with van der Waals surface area (Å²) in [5.74, 6) is 0. The second kappa shape index (κ2) is 6.55. The van der Waals surface area contributed by atoms with Crippen LogP contribution in [0.5, 0.6) is 0 Å². The Hall–Kier alpha value is 0. The molecule has 0 bridgehead atoms. The molecule has 0 aliphatic rings. The van der Waals surface area contributed by atoms with Gasteiger partial charge in [-0.3, -0.25) is 0 Å². The summed E-state index contributed by atoms with van der Waals surface area (Å²) in [5, 5.41) is 0. The summed E-state index contributed by atoms with van der Waals surface area (Å²) in [6.45, 7) is 14.4. The number of hydrogen-bond donors (Lipinski definition) is 0. The second-order valence-corrected chi connectivity index (χ2v) is 5.68. The summed E-state index contributed by atoms with van der Waals surface area (Å²) >= 11 is 0. The molecule has 92 valence electrons. The molecule has 0 rings (SSSR count). The Kier molecular flexibility index (Phi) is 6.55. The first-order valence-electron chi connectivity index (χ1n) is 6.99. The number of rotatable bonds is 8. The van der Waals surface area contributed by atoms with Crippen molar-refractivity contribution in [2.45, 2.75) is 86.5 Å². The quantitative estimate of drug-likeness (QED) is 0.476. The summed E-state index contributed by atoms with van der Waals surface area (Å²) in [5.41, 5.74) is 1.10. The Bertz CT molecular complexity index is 155. The van der Waals surface area contributed by atoms with E-state index >= 15 is 0 Å². The minimum Gasteiger partial charge on any atom is -0.0654 e. The van der Waals surface area contributed by atoms with E-state index in [0.29, 0.717) is 10.8 Å². The first kappa shape index (κ1) is 15.0. The van der Waals surface area contributed by atoms with Gasteiger partial charge in [-0.2, -0.15) is 0 Å². The van der Waals surface area contributed by atoms with Crippen molar-refractivity contribution in [1.29, 1.82) is 0 Å². The van der Waals surface area contributed by atoms with Crippen LogP contribution >= 0.6 is 0 Å². The van der Waals surface area contributed by atoms with Crippen molar-refractivity contribution < 1.29 is 0 Å². The van der Waals surface area contributed by atoms with Crippen molar-refractivity contribution in [2.24, 2.45) is 10.8 Å². The van der Waals surface area contributed by atoms with E-state index in [4.69, 9.17) is 0 Å². The summed E-state index contributed by atoms with van der Waals surface area (Å²) < 4.78 is 0. The Morgan fingerprint density at radius 2 is 1.20 bits per heavy atom. The van der Waals surface area contributed by atoms with Gasteiger partial charge in [-0.05, 0) is 23.7 Å². The van der Waals surface area contributed by atoms with E-state index in [9.17, 15) is 0 Å². The van der Waals surface area contributed by atoms with Gasteiger partial charge in [0.2, 0.25) is 0 Å². The van der Waals surface area contributed by atoms with Gasteiger partial charge in [-0.15, -0.1) is 0 Å². The number of unbranched alkanes of at least 4 members (excludes halogenated alkanes) is 1. The van der Waals surface area contributed by atoms with Crippen LogP contribution in [-0.4, -0.2) is 0 Å². The second-order valence-electron chi connectivity index (χ2n) is 5.68. The molecule has 0 N–H and O–H groups in total. The lowest BCUT2D eigenvalue weighted by Gasteiger charge is -2.47. The highest BCUT2D eigenvalue weighted by Gasteiger charge is 2.40. The van der Waals surface area contributed by atoms with E-state index in [1.807, 2.05) is 0 Å². The van der Waals surface area contributed by atoms with Gasteiger partial charge in [0.05, 0.1) is 0 Å². The molecule has 0 aromatic carbocycles. The largest absolute Gasteiger partial charge is 0.0654 e. The molecule has 0 saturated heterocycles. The van der Waals surface area contributed by atoms with E-state index in [-0.39, 0.29) is 0 Å². The average Bonchev–Trinajstić information content (AvgIpc) is 2.25. The third-order valence-corrected chi connectivity index (χ3v) is 4.90. The molecule has 0 aliphatic carbocycles. The minimum atomic E-state index is 0.540. The van der Waals surface area contributed by atoms with Crippen molar-refractivity contribution in [3.63, 3.8) is 0 Å². The van der Waals surface area contributed by atoms with Gasteiger partial charge in [0.1, 0.15) is 0 Å². The van der Waals surface area contributed by atoms with Gasteiger partial charge in [-0.25, -0.2) is 0 Å². The lowest BCUT2D eigenvalue weighted by Crippen LogP contribution is -2.36. The average molecular weight is 212 g/mol. The molecule has 0 spiro atoms. The molecule has 0 nitrogen and oxygen atoms in total. The van der Waals surface area contributed by atoms with Crippen molar-refractivity contribution in [2.75, 3.05) is 0 Å². The minimum absolute atomic E-state index is 0.540. The molecule has 0 fully saturated rings. The standard InChI is InChI=1S/C15H32/c1-7-11-13-15(6,12-8-2)14(5,9-3)10-4/h7-13H2,1-6H3. The molecular formula is C15H32. The van der Waals surface area contributed by atoms with E-state index in [1.165, 1.54) is 44.9 Å². The molecule has 0 amide bonds. The maximum absolute atomic E-state index is 2.53. The van der Waals surface area contributed by atoms with Crippen LogP contribution in [-0.2, 0) is 0 Å². The summed E-state index contributed by atoms with van der Waals surface area (Å²) in [6, 6.07) is 0. The Morgan fingerprint density at radius 3 is 1.53 bits per heavy atom. The molecule has 0 saturated carbocycles. The fourth-order valence-electron chi connectivity index (χ4n) is 2.95. The third kappa shape index (κ3) is 3.50. The molecule has 0 aromatic heterocycles. The van der Waals surface area contributed by atoms with Gasteiger partial charge >= 0.3 is 0 Å². The highest BCUT2D eigenvalue weighted by Crippen LogP contribution is 2.50. The highest BCUT2D eigenvalue weighted by atomic mass is 14.4. The monoisotopic (exact) mass is 212 g/mol. The van der Waals surface area contributed by atoms with E-state index in [0.717, 1.165) is 0 Å². The SMILES string of the molecule is CCCCC(C)(CCC)C(C)(CC)CC. The fraction of sp³-hybridized carbons (Fsp3) is 1.00. The molecular weight excluding hydrogens is 180 g/mol. The Labute approximate surface area is 97.8 Å². The van der Waals surface area contributed by atoms with Gasteiger partial charge in [0.15, 0.2) is 0 Å². The van der Waals surface area contributed by atoms with Crippen LogP contribution < -0.4 is 0 Å². The normalized spacial score (nSPS) is 16.4. The van der Waals surface area contributed by atoms with Crippen molar-refractivity contribution in [1.82, 2.24) is 0 Å². The van der Waals surface area contributed by atoms with Crippen LogP contribution in [0.4, 0.5) is 0 Å². The van der Waals surface area contributed by atoms with E-state index in [1.54, 1.807) is 0 Å². The zero-order valence-electron chi connectivity index (χ0n) is 11.9. The first-order valence-corrected chi connectivity index (χ1v) is 6.99. The molecule has 0 radical (unpaired) electrons. The van der Waals surface area contributed by atoms with Crippen LogP contribution in [0, 0.1) is 10.8 Å². The highest BCUT2D eigenvalue weighted by molar-refractivity contribution is 4.90. The zero-order valence-corrected chi connectivity index (χ0v) is 11.9. The fourth-order valence-corrected chi connectivity index (χ4v) is 2.95. The van der Waals surface area contributed by atoms with Crippen LogP contribution in [0.15, 0.2) is 0 Å². The Balaban J connectivity index is 4.72. The molecule has 0 heteroatoms. The van der Waals surface area contributed by atoms with Crippen LogP contribution in [0.2, 0.25) is 0 Å². The summed E-state index contributed by atoms with van der Waals surface area (Å²) in [6.07, 6.45) is 9.51. The molecule has 0 heterocycles. The van der Waals surface area contributed by atoms with E-state index in [2.05, 4.69) is 41.5 Å². The zero-order chi connectivity index (χ0) is 11.9. The summed E-state index contributed by atoms with van der Waals surface area (Å²) in [4.78, 5) is 0. The van der Waals surface area contributed by atoms with Crippen LogP contribution in [0.1, 0.15) is 86.5 Å². The molecule has 1 unspecified atom stereocenters. The van der Waals surface area contributed by atoms with Gasteiger partial charge in [-0.1, -0.05) is 73.6 Å². The molecule has 1 atom stereocenters. The predicted octanol–water partition coefficient (Wildman–Crippen LogP) is 5.81. The van der Waals surface area contributed by atoms with Gasteiger partial charge < -0.3 is 0 Å².